The molecule has 0 saturated carbocycles. The third kappa shape index (κ3) is 2.12. The molecular formula is C10H16N2O. The third-order valence-electron chi connectivity index (χ3n) is 2.01. The number of ether oxygens (including phenoxy) is 1. The summed E-state index contributed by atoms with van der Waals surface area (Å²) in [5, 5.41) is 0. The molecule has 0 spiro atoms. The molecule has 0 aliphatic rings. The maximum absolute atomic E-state index is 5.75. The predicted molar refractivity (Wildman–Crippen MR) is 54.9 cm³/mol. The first kappa shape index (κ1) is 9.86. The molecule has 1 aromatic rings. The Kier molecular flexibility index (Phi) is 3.14. The van der Waals surface area contributed by atoms with Crippen molar-refractivity contribution in [2.45, 2.75) is 13.8 Å². The average Bonchev–Trinajstić information content (AvgIpc) is 2.12. The number of nitrogens with two attached hydrogens (primary N) is 2. The van der Waals surface area contributed by atoms with Gasteiger partial charge in [-0.3, -0.25) is 0 Å². The maximum atomic E-state index is 5.75. The van der Waals surface area contributed by atoms with Crippen LogP contribution in [0, 0.1) is 13.8 Å². The summed E-state index contributed by atoms with van der Waals surface area (Å²) in [6.45, 7) is 5.01. The molecule has 0 saturated heterocycles. The lowest BCUT2D eigenvalue weighted by Gasteiger charge is -2.12. The van der Waals surface area contributed by atoms with E-state index in [0.717, 1.165) is 22.6 Å². The van der Waals surface area contributed by atoms with Crippen molar-refractivity contribution >= 4 is 5.69 Å². The van der Waals surface area contributed by atoms with E-state index in [1.54, 1.807) is 0 Å². The van der Waals surface area contributed by atoms with E-state index >= 15 is 0 Å². The lowest BCUT2D eigenvalue weighted by Crippen LogP contribution is -2.12. The molecule has 0 radical (unpaired) electrons. The molecule has 0 aliphatic heterocycles. The first-order chi connectivity index (χ1) is 6.16. The van der Waals surface area contributed by atoms with E-state index in [4.69, 9.17) is 16.2 Å². The predicted octanol–water partition coefficient (Wildman–Crippen LogP) is 1.22. The summed E-state index contributed by atoms with van der Waals surface area (Å²) in [4.78, 5) is 0. The van der Waals surface area contributed by atoms with Crippen LogP contribution in [0.15, 0.2) is 12.1 Å². The summed E-state index contributed by atoms with van der Waals surface area (Å²) in [5.74, 6) is 0.866. The van der Waals surface area contributed by atoms with E-state index < -0.39 is 0 Å². The quantitative estimate of drug-likeness (QED) is 0.687. The minimum Gasteiger partial charge on any atom is -0.492 e. The van der Waals surface area contributed by atoms with Gasteiger partial charge in [-0.25, -0.2) is 0 Å². The van der Waals surface area contributed by atoms with Crippen molar-refractivity contribution in [2.75, 3.05) is 18.9 Å². The topological polar surface area (TPSA) is 61.3 Å². The van der Waals surface area contributed by atoms with Gasteiger partial charge >= 0.3 is 0 Å². The van der Waals surface area contributed by atoms with Crippen LogP contribution in [0.4, 0.5) is 5.69 Å². The highest BCUT2D eigenvalue weighted by Crippen LogP contribution is 2.27. The Bertz CT molecular complexity index is 297. The zero-order chi connectivity index (χ0) is 9.84. The van der Waals surface area contributed by atoms with Crippen LogP contribution < -0.4 is 16.2 Å². The van der Waals surface area contributed by atoms with Crippen LogP contribution in [0.1, 0.15) is 11.1 Å². The van der Waals surface area contributed by atoms with Gasteiger partial charge in [-0.2, -0.15) is 0 Å². The van der Waals surface area contributed by atoms with Gasteiger partial charge in [0.1, 0.15) is 12.4 Å². The summed E-state index contributed by atoms with van der Waals surface area (Å²) >= 11 is 0. The Labute approximate surface area is 78.7 Å². The molecule has 0 amide bonds. The van der Waals surface area contributed by atoms with Crippen LogP contribution in [-0.4, -0.2) is 13.2 Å². The Balaban J connectivity index is 2.96. The number of anilines is 1. The van der Waals surface area contributed by atoms with Gasteiger partial charge in [0, 0.05) is 17.8 Å². The molecule has 1 rings (SSSR count). The Morgan fingerprint density at radius 2 is 2.00 bits per heavy atom. The summed E-state index contributed by atoms with van der Waals surface area (Å²) in [6, 6.07) is 3.84. The van der Waals surface area contributed by atoms with Gasteiger partial charge in [0.15, 0.2) is 0 Å². The number of benzene rings is 1. The second-order valence-corrected chi connectivity index (χ2v) is 3.06. The lowest BCUT2D eigenvalue weighted by molar-refractivity contribution is 0.324. The molecule has 3 heteroatoms. The zero-order valence-electron chi connectivity index (χ0n) is 8.13. The molecular weight excluding hydrogens is 164 g/mol. The molecule has 4 N–H and O–H groups in total. The fraction of sp³-hybridized carbons (Fsp3) is 0.400. The second kappa shape index (κ2) is 4.14. The van der Waals surface area contributed by atoms with Crippen LogP contribution in [-0.2, 0) is 0 Å². The molecule has 0 aromatic heterocycles. The van der Waals surface area contributed by atoms with Gasteiger partial charge in [0.05, 0.1) is 0 Å². The van der Waals surface area contributed by atoms with Gasteiger partial charge < -0.3 is 16.2 Å². The summed E-state index contributed by atoms with van der Waals surface area (Å²) in [6.07, 6.45) is 0. The van der Waals surface area contributed by atoms with Crippen molar-refractivity contribution in [2.24, 2.45) is 5.73 Å². The molecule has 0 unspecified atom stereocenters. The van der Waals surface area contributed by atoms with Gasteiger partial charge in [-0.05, 0) is 25.5 Å². The van der Waals surface area contributed by atoms with Crippen molar-refractivity contribution < 1.29 is 4.74 Å². The van der Waals surface area contributed by atoms with E-state index in [-0.39, 0.29) is 0 Å². The van der Waals surface area contributed by atoms with Gasteiger partial charge in [0.25, 0.3) is 0 Å². The molecule has 0 atom stereocenters. The first-order valence-electron chi connectivity index (χ1n) is 4.35. The SMILES string of the molecule is Cc1ccc(N)c(C)c1OCCN. The maximum Gasteiger partial charge on any atom is 0.127 e. The highest BCUT2D eigenvalue weighted by atomic mass is 16.5. The Hall–Kier alpha value is -1.22. The van der Waals surface area contributed by atoms with E-state index in [1.165, 1.54) is 0 Å². The molecule has 0 heterocycles. The summed E-state index contributed by atoms with van der Waals surface area (Å²) in [7, 11) is 0. The highest BCUT2D eigenvalue weighted by Gasteiger charge is 2.05. The average molecular weight is 180 g/mol. The van der Waals surface area contributed by atoms with Crippen LogP contribution in [0.25, 0.3) is 0 Å². The van der Waals surface area contributed by atoms with E-state index in [1.807, 2.05) is 26.0 Å². The van der Waals surface area contributed by atoms with Gasteiger partial charge in [-0.15, -0.1) is 0 Å². The first-order valence-corrected chi connectivity index (χ1v) is 4.35. The minimum atomic E-state index is 0.522. The van der Waals surface area contributed by atoms with Crippen molar-refractivity contribution in [3.63, 3.8) is 0 Å². The number of hydrogen-bond acceptors (Lipinski definition) is 3. The smallest absolute Gasteiger partial charge is 0.127 e. The second-order valence-electron chi connectivity index (χ2n) is 3.06. The van der Waals surface area contributed by atoms with E-state index in [9.17, 15) is 0 Å². The molecule has 0 aliphatic carbocycles. The minimum absolute atomic E-state index is 0.522. The monoisotopic (exact) mass is 180 g/mol. The van der Waals surface area contributed by atoms with Gasteiger partial charge in [0.2, 0.25) is 0 Å². The number of aryl methyl sites for hydroxylation is 1. The number of rotatable bonds is 3. The number of nitrogen functional groups attached to an aromatic ring is 1. The molecule has 0 fully saturated rings. The highest BCUT2D eigenvalue weighted by molar-refractivity contribution is 5.56. The third-order valence-corrected chi connectivity index (χ3v) is 2.01. The molecule has 72 valence electrons. The van der Waals surface area contributed by atoms with Crippen LogP contribution in [0.3, 0.4) is 0 Å². The van der Waals surface area contributed by atoms with Crippen molar-refractivity contribution in [1.82, 2.24) is 0 Å². The fourth-order valence-corrected chi connectivity index (χ4v) is 1.23. The number of hydrogen-bond donors (Lipinski definition) is 2. The van der Waals surface area contributed by atoms with Crippen molar-refractivity contribution in [1.29, 1.82) is 0 Å². The standard InChI is InChI=1S/C10H16N2O/c1-7-3-4-9(12)8(2)10(7)13-6-5-11/h3-4H,5-6,11-12H2,1-2H3. The molecule has 0 bridgehead atoms. The van der Waals surface area contributed by atoms with Crippen molar-refractivity contribution in [3.05, 3.63) is 23.3 Å². The molecule has 3 nitrogen and oxygen atoms in total. The lowest BCUT2D eigenvalue weighted by atomic mass is 10.1. The van der Waals surface area contributed by atoms with E-state index in [0.29, 0.717) is 13.2 Å². The zero-order valence-corrected chi connectivity index (χ0v) is 8.13. The van der Waals surface area contributed by atoms with Crippen LogP contribution in [0.2, 0.25) is 0 Å². The fourth-order valence-electron chi connectivity index (χ4n) is 1.23. The van der Waals surface area contributed by atoms with Crippen LogP contribution in [0.5, 0.6) is 5.75 Å². The van der Waals surface area contributed by atoms with Crippen LogP contribution >= 0.6 is 0 Å². The van der Waals surface area contributed by atoms with Gasteiger partial charge in [-0.1, -0.05) is 6.07 Å². The molecule has 1 aromatic carbocycles. The summed E-state index contributed by atoms with van der Waals surface area (Å²) in [5.41, 5.74) is 14.0. The Morgan fingerprint density at radius 3 is 2.62 bits per heavy atom. The molecule has 13 heavy (non-hydrogen) atoms. The normalized spacial score (nSPS) is 10.1. The summed E-state index contributed by atoms with van der Waals surface area (Å²) < 4.78 is 5.49. The largest absolute Gasteiger partial charge is 0.492 e. The van der Waals surface area contributed by atoms with Crippen molar-refractivity contribution in [3.8, 4) is 5.75 Å². The Morgan fingerprint density at radius 1 is 1.31 bits per heavy atom. The van der Waals surface area contributed by atoms with E-state index in [2.05, 4.69) is 0 Å².